The Morgan fingerprint density at radius 3 is 2.67 bits per heavy atom. The van der Waals surface area contributed by atoms with E-state index in [2.05, 4.69) is 46.2 Å². The van der Waals surface area contributed by atoms with Crippen LogP contribution in [0.25, 0.3) is 0 Å². The molecule has 1 aromatic carbocycles. The van der Waals surface area contributed by atoms with Gasteiger partial charge in [0.05, 0.1) is 0 Å². The summed E-state index contributed by atoms with van der Waals surface area (Å²) in [6.45, 7) is 3.32. The first-order valence-corrected chi connectivity index (χ1v) is 10.6. The maximum absolute atomic E-state index is 12.0. The van der Waals surface area contributed by atoms with Crippen LogP contribution >= 0.6 is 11.8 Å². The maximum atomic E-state index is 12.0. The van der Waals surface area contributed by atoms with E-state index in [-0.39, 0.29) is 5.91 Å². The molecule has 1 atom stereocenters. The molecule has 24 heavy (non-hydrogen) atoms. The minimum absolute atomic E-state index is 0.223. The number of rotatable bonds is 7. The summed E-state index contributed by atoms with van der Waals surface area (Å²) in [6, 6.07) is 11.2. The molecule has 0 aromatic heterocycles. The van der Waals surface area contributed by atoms with Crippen LogP contribution < -0.4 is 5.32 Å². The molecule has 0 saturated carbocycles. The van der Waals surface area contributed by atoms with Gasteiger partial charge in [-0.1, -0.05) is 30.3 Å². The second-order valence-electron chi connectivity index (χ2n) is 7.14. The number of piperidine rings is 1. The molecule has 2 fully saturated rings. The van der Waals surface area contributed by atoms with Gasteiger partial charge in [-0.05, 0) is 62.4 Å². The van der Waals surface area contributed by atoms with E-state index in [4.69, 9.17) is 0 Å². The predicted octanol–water partition coefficient (Wildman–Crippen LogP) is 3.34. The Balaban J connectivity index is 1.27. The number of benzene rings is 1. The standard InChI is InChI=1S/C20H30N2OS/c23-20(8-4-7-17-5-2-1-3-6-17)21-15-18-9-12-22(13-10-18)19-11-14-24-16-19/h1-3,5-6,18-19H,4,7-16H2,(H,21,23)/t19-/m0/s1. The van der Waals surface area contributed by atoms with E-state index in [0.29, 0.717) is 12.3 Å². The van der Waals surface area contributed by atoms with Crippen molar-refractivity contribution >= 4 is 17.7 Å². The molecule has 0 unspecified atom stereocenters. The molecule has 2 aliphatic rings. The van der Waals surface area contributed by atoms with E-state index in [1.807, 2.05) is 6.07 Å². The minimum Gasteiger partial charge on any atom is -0.356 e. The van der Waals surface area contributed by atoms with Crippen LogP contribution in [0.2, 0.25) is 0 Å². The van der Waals surface area contributed by atoms with Crippen molar-refractivity contribution in [2.45, 2.75) is 44.6 Å². The Bertz CT molecular complexity index is 494. The van der Waals surface area contributed by atoms with E-state index in [9.17, 15) is 4.79 Å². The fourth-order valence-corrected chi connectivity index (χ4v) is 5.03. The number of nitrogens with one attached hydrogen (secondary N) is 1. The average molecular weight is 347 g/mol. The summed E-state index contributed by atoms with van der Waals surface area (Å²) < 4.78 is 0. The van der Waals surface area contributed by atoms with Gasteiger partial charge in [0.2, 0.25) is 5.91 Å². The largest absolute Gasteiger partial charge is 0.356 e. The molecule has 4 heteroatoms. The Labute approximate surface area is 150 Å². The highest BCUT2D eigenvalue weighted by Crippen LogP contribution is 2.26. The lowest BCUT2D eigenvalue weighted by Gasteiger charge is -2.35. The number of thioether (sulfide) groups is 1. The Morgan fingerprint density at radius 1 is 1.17 bits per heavy atom. The van der Waals surface area contributed by atoms with E-state index >= 15 is 0 Å². The van der Waals surface area contributed by atoms with E-state index in [1.54, 1.807) is 0 Å². The van der Waals surface area contributed by atoms with Gasteiger partial charge in [0.25, 0.3) is 0 Å². The van der Waals surface area contributed by atoms with Gasteiger partial charge in [-0.2, -0.15) is 11.8 Å². The third-order valence-corrected chi connectivity index (χ3v) is 6.52. The summed E-state index contributed by atoms with van der Waals surface area (Å²) in [5.41, 5.74) is 1.32. The van der Waals surface area contributed by atoms with Crippen LogP contribution in [0.15, 0.2) is 30.3 Å². The van der Waals surface area contributed by atoms with Gasteiger partial charge in [-0.25, -0.2) is 0 Å². The van der Waals surface area contributed by atoms with E-state index < -0.39 is 0 Å². The van der Waals surface area contributed by atoms with E-state index in [1.165, 1.54) is 49.4 Å². The molecule has 0 spiro atoms. The topological polar surface area (TPSA) is 32.3 Å². The second kappa shape index (κ2) is 9.47. The van der Waals surface area contributed by atoms with Crippen molar-refractivity contribution < 1.29 is 4.79 Å². The Morgan fingerprint density at radius 2 is 1.96 bits per heavy atom. The third-order valence-electron chi connectivity index (χ3n) is 5.37. The number of likely N-dealkylation sites (tertiary alicyclic amines) is 1. The quantitative estimate of drug-likeness (QED) is 0.822. The number of nitrogens with zero attached hydrogens (tertiary/aromatic N) is 1. The molecule has 2 heterocycles. The van der Waals surface area contributed by atoms with E-state index in [0.717, 1.165) is 25.4 Å². The normalized spacial score (nSPS) is 22.6. The van der Waals surface area contributed by atoms with Crippen molar-refractivity contribution in [1.29, 1.82) is 0 Å². The van der Waals surface area contributed by atoms with Crippen LogP contribution in [-0.2, 0) is 11.2 Å². The predicted molar refractivity (Wildman–Crippen MR) is 102 cm³/mol. The number of amides is 1. The summed E-state index contributed by atoms with van der Waals surface area (Å²) in [5.74, 6) is 3.56. The van der Waals surface area contributed by atoms with Crippen molar-refractivity contribution in [3.05, 3.63) is 35.9 Å². The highest BCUT2D eigenvalue weighted by Gasteiger charge is 2.27. The fourth-order valence-electron chi connectivity index (χ4n) is 3.78. The molecule has 1 amide bonds. The summed E-state index contributed by atoms with van der Waals surface area (Å²) in [5, 5.41) is 3.16. The summed E-state index contributed by atoms with van der Waals surface area (Å²) in [4.78, 5) is 14.7. The van der Waals surface area contributed by atoms with Gasteiger partial charge in [-0.15, -0.1) is 0 Å². The van der Waals surface area contributed by atoms with Crippen molar-refractivity contribution in [2.75, 3.05) is 31.1 Å². The van der Waals surface area contributed by atoms with Crippen molar-refractivity contribution in [3.8, 4) is 0 Å². The molecular weight excluding hydrogens is 316 g/mol. The molecule has 1 N–H and O–H groups in total. The van der Waals surface area contributed by atoms with Crippen LogP contribution in [-0.4, -0.2) is 48.0 Å². The molecule has 2 saturated heterocycles. The molecule has 2 aliphatic heterocycles. The number of carbonyl (C=O) groups excluding carboxylic acids is 1. The first-order valence-electron chi connectivity index (χ1n) is 9.43. The first kappa shape index (κ1) is 17.8. The zero-order valence-corrected chi connectivity index (χ0v) is 15.4. The third kappa shape index (κ3) is 5.52. The van der Waals surface area contributed by atoms with Crippen molar-refractivity contribution in [3.63, 3.8) is 0 Å². The number of carbonyl (C=O) groups is 1. The molecular formula is C20H30N2OS. The number of hydrogen-bond acceptors (Lipinski definition) is 3. The second-order valence-corrected chi connectivity index (χ2v) is 8.29. The maximum Gasteiger partial charge on any atom is 0.220 e. The zero-order chi connectivity index (χ0) is 16.6. The van der Waals surface area contributed by atoms with Gasteiger partial charge < -0.3 is 5.32 Å². The van der Waals surface area contributed by atoms with Crippen molar-refractivity contribution in [2.24, 2.45) is 5.92 Å². The van der Waals surface area contributed by atoms with Gasteiger partial charge in [-0.3, -0.25) is 9.69 Å². The molecule has 1 aromatic rings. The van der Waals surface area contributed by atoms with Crippen LogP contribution in [0.3, 0.4) is 0 Å². The number of aryl methyl sites for hydroxylation is 1. The first-order chi connectivity index (χ1) is 11.8. The SMILES string of the molecule is O=C(CCCc1ccccc1)NCC1CCN([C@H]2CCSC2)CC1. The Kier molecular flexibility index (Phi) is 7.03. The molecule has 3 nitrogen and oxygen atoms in total. The fraction of sp³-hybridized carbons (Fsp3) is 0.650. The lowest BCUT2D eigenvalue weighted by Crippen LogP contribution is -2.43. The lowest BCUT2D eigenvalue weighted by molar-refractivity contribution is -0.121. The van der Waals surface area contributed by atoms with Gasteiger partial charge >= 0.3 is 0 Å². The van der Waals surface area contributed by atoms with Crippen LogP contribution in [0, 0.1) is 5.92 Å². The molecule has 0 radical (unpaired) electrons. The summed E-state index contributed by atoms with van der Waals surface area (Å²) in [7, 11) is 0. The van der Waals surface area contributed by atoms with Gasteiger partial charge in [0.1, 0.15) is 0 Å². The average Bonchev–Trinajstić information content (AvgIpc) is 3.16. The monoisotopic (exact) mass is 346 g/mol. The number of hydrogen-bond donors (Lipinski definition) is 1. The zero-order valence-electron chi connectivity index (χ0n) is 14.6. The van der Waals surface area contributed by atoms with Gasteiger partial charge in [0.15, 0.2) is 0 Å². The van der Waals surface area contributed by atoms with Gasteiger partial charge in [0, 0.05) is 24.8 Å². The Hall–Kier alpha value is -1.00. The molecule has 0 bridgehead atoms. The summed E-state index contributed by atoms with van der Waals surface area (Å²) in [6.07, 6.45) is 6.43. The van der Waals surface area contributed by atoms with Crippen molar-refractivity contribution in [1.82, 2.24) is 10.2 Å². The van der Waals surface area contributed by atoms with Crippen LogP contribution in [0.1, 0.15) is 37.7 Å². The van der Waals surface area contributed by atoms with Crippen LogP contribution in [0.5, 0.6) is 0 Å². The summed E-state index contributed by atoms with van der Waals surface area (Å²) >= 11 is 2.10. The molecule has 0 aliphatic carbocycles. The highest BCUT2D eigenvalue weighted by atomic mass is 32.2. The highest BCUT2D eigenvalue weighted by molar-refractivity contribution is 7.99. The molecule has 132 valence electrons. The smallest absolute Gasteiger partial charge is 0.220 e. The molecule has 3 rings (SSSR count). The minimum atomic E-state index is 0.223. The van der Waals surface area contributed by atoms with Crippen LogP contribution in [0.4, 0.5) is 0 Å². The lowest BCUT2D eigenvalue weighted by atomic mass is 9.95.